The summed E-state index contributed by atoms with van der Waals surface area (Å²) in [6, 6.07) is 0. The molecule has 1 aliphatic rings. The van der Waals surface area contributed by atoms with Gasteiger partial charge in [0.2, 0.25) is 0 Å². The van der Waals surface area contributed by atoms with E-state index in [0.29, 0.717) is 12.0 Å². The van der Waals surface area contributed by atoms with E-state index in [1.807, 2.05) is 0 Å². The Labute approximate surface area is 73.6 Å². The summed E-state index contributed by atoms with van der Waals surface area (Å²) in [6.07, 6.45) is 2.53. The van der Waals surface area contributed by atoms with Crippen LogP contribution in [0.3, 0.4) is 0 Å². The summed E-state index contributed by atoms with van der Waals surface area (Å²) in [5.41, 5.74) is 0.756. The van der Waals surface area contributed by atoms with E-state index in [-0.39, 0.29) is 11.4 Å². The highest BCUT2D eigenvalue weighted by Crippen LogP contribution is 2.31. The second kappa shape index (κ2) is 3.40. The zero-order chi connectivity index (χ0) is 9.19. The van der Waals surface area contributed by atoms with Crippen LogP contribution in [0.2, 0.25) is 0 Å². The number of hydrogen-bond donors (Lipinski definition) is 0. The van der Waals surface area contributed by atoms with Crippen LogP contribution in [0.15, 0.2) is 12.2 Å². The maximum atomic E-state index is 11.1. The van der Waals surface area contributed by atoms with Gasteiger partial charge in [-0.2, -0.15) is 0 Å². The van der Waals surface area contributed by atoms with Gasteiger partial charge in [0.1, 0.15) is 0 Å². The molecule has 0 radical (unpaired) electrons. The number of carbonyl (C=O) groups excluding carboxylic acids is 1. The first-order valence-electron chi connectivity index (χ1n) is 4.36. The maximum Gasteiger partial charge on any atom is 0.157 e. The van der Waals surface area contributed by atoms with E-state index in [4.69, 9.17) is 4.74 Å². The molecule has 68 valence electrons. The van der Waals surface area contributed by atoms with Crippen molar-refractivity contribution in [3.05, 3.63) is 12.2 Å². The highest BCUT2D eigenvalue weighted by atomic mass is 16.6. The van der Waals surface area contributed by atoms with Gasteiger partial charge in [-0.25, -0.2) is 0 Å². The molecule has 0 amide bonds. The lowest BCUT2D eigenvalue weighted by molar-refractivity contribution is -0.115. The molecule has 2 nitrogen and oxygen atoms in total. The summed E-state index contributed by atoms with van der Waals surface area (Å²) in [5.74, 6) is 0.180. The van der Waals surface area contributed by atoms with Crippen LogP contribution in [0.5, 0.6) is 0 Å². The highest BCUT2D eigenvalue weighted by molar-refractivity contribution is 5.93. The van der Waals surface area contributed by atoms with Crippen LogP contribution in [0.4, 0.5) is 0 Å². The largest absolute Gasteiger partial charge is 0.370 e. The molecule has 0 saturated carbocycles. The van der Waals surface area contributed by atoms with Gasteiger partial charge in [0.25, 0.3) is 0 Å². The van der Waals surface area contributed by atoms with Crippen molar-refractivity contribution in [2.45, 2.75) is 38.7 Å². The fourth-order valence-corrected chi connectivity index (χ4v) is 1.10. The normalized spacial score (nSPS) is 26.8. The van der Waals surface area contributed by atoms with Crippen molar-refractivity contribution in [1.82, 2.24) is 0 Å². The minimum absolute atomic E-state index is 0.0926. The smallest absolute Gasteiger partial charge is 0.157 e. The molecule has 12 heavy (non-hydrogen) atoms. The Kier molecular flexibility index (Phi) is 2.68. The molecule has 1 heterocycles. The Morgan fingerprint density at radius 3 is 2.67 bits per heavy atom. The van der Waals surface area contributed by atoms with E-state index < -0.39 is 0 Å². The van der Waals surface area contributed by atoms with E-state index in [9.17, 15) is 4.79 Å². The molecule has 1 rings (SSSR count). The number of rotatable bonds is 5. The van der Waals surface area contributed by atoms with Crippen LogP contribution >= 0.6 is 0 Å². The number of ketones is 1. The number of epoxide rings is 1. The molecule has 2 heteroatoms. The van der Waals surface area contributed by atoms with Crippen molar-refractivity contribution in [2.24, 2.45) is 0 Å². The first-order valence-corrected chi connectivity index (χ1v) is 4.36. The first-order chi connectivity index (χ1) is 5.53. The van der Waals surface area contributed by atoms with Crippen LogP contribution in [-0.2, 0) is 9.53 Å². The standard InChI is InChI=1S/C10H16O2/c1-8(2)9(11)5-4-6-10(3)7-12-10/h1,4-7H2,2-3H3. The topological polar surface area (TPSA) is 29.6 Å². The molecule has 1 fully saturated rings. The van der Waals surface area contributed by atoms with E-state index in [2.05, 4.69) is 13.5 Å². The SMILES string of the molecule is C=C(C)C(=O)CCCC1(C)CO1. The molecule has 0 spiro atoms. The van der Waals surface area contributed by atoms with Crippen molar-refractivity contribution < 1.29 is 9.53 Å². The van der Waals surface area contributed by atoms with E-state index in [0.717, 1.165) is 19.4 Å². The molecule has 0 aromatic carbocycles. The Morgan fingerprint density at radius 1 is 1.67 bits per heavy atom. The summed E-state index contributed by atoms with van der Waals surface area (Å²) in [7, 11) is 0. The zero-order valence-electron chi connectivity index (χ0n) is 7.85. The van der Waals surface area contributed by atoms with Crippen LogP contribution in [0.25, 0.3) is 0 Å². The Bertz CT molecular complexity index is 202. The predicted molar refractivity (Wildman–Crippen MR) is 48.0 cm³/mol. The quantitative estimate of drug-likeness (QED) is 0.464. The monoisotopic (exact) mass is 168 g/mol. The fourth-order valence-electron chi connectivity index (χ4n) is 1.10. The van der Waals surface area contributed by atoms with Gasteiger partial charge in [0.05, 0.1) is 12.2 Å². The van der Waals surface area contributed by atoms with Crippen LogP contribution < -0.4 is 0 Å². The highest BCUT2D eigenvalue weighted by Gasteiger charge is 2.38. The van der Waals surface area contributed by atoms with Gasteiger partial charge in [0, 0.05) is 6.42 Å². The lowest BCUT2D eigenvalue weighted by Gasteiger charge is -2.03. The van der Waals surface area contributed by atoms with Crippen molar-refractivity contribution in [2.75, 3.05) is 6.61 Å². The minimum atomic E-state index is 0.0926. The van der Waals surface area contributed by atoms with Crippen molar-refractivity contribution in [1.29, 1.82) is 0 Å². The summed E-state index contributed by atoms with van der Waals surface area (Å²) >= 11 is 0. The molecule has 0 aromatic heterocycles. The third-order valence-corrected chi connectivity index (χ3v) is 2.22. The van der Waals surface area contributed by atoms with Crippen molar-refractivity contribution in [3.8, 4) is 0 Å². The van der Waals surface area contributed by atoms with Gasteiger partial charge < -0.3 is 4.74 Å². The molecular weight excluding hydrogens is 152 g/mol. The fraction of sp³-hybridized carbons (Fsp3) is 0.700. The average Bonchev–Trinajstić information content (AvgIpc) is 2.68. The van der Waals surface area contributed by atoms with E-state index in [1.165, 1.54) is 0 Å². The van der Waals surface area contributed by atoms with E-state index in [1.54, 1.807) is 6.92 Å². The number of Topliss-reactive ketones (excluding diaryl/α,β-unsaturated/α-hetero) is 1. The number of hydrogen-bond acceptors (Lipinski definition) is 2. The van der Waals surface area contributed by atoms with Crippen LogP contribution in [0, 0.1) is 0 Å². The zero-order valence-corrected chi connectivity index (χ0v) is 7.85. The molecular formula is C10H16O2. The van der Waals surface area contributed by atoms with Gasteiger partial charge in [-0.15, -0.1) is 0 Å². The van der Waals surface area contributed by atoms with Crippen LogP contribution in [-0.4, -0.2) is 18.0 Å². The second-order valence-electron chi connectivity index (χ2n) is 3.80. The summed E-state index contributed by atoms with van der Waals surface area (Å²) in [6.45, 7) is 8.30. The van der Waals surface area contributed by atoms with Crippen molar-refractivity contribution in [3.63, 3.8) is 0 Å². The molecule has 1 unspecified atom stereocenters. The Hall–Kier alpha value is -0.630. The van der Waals surface area contributed by atoms with Gasteiger partial charge in [-0.3, -0.25) is 4.79 Å². The minimum Gasteiger partial charge on any atom is -0.370 e. The van der Waals surface area contributed by atoms with E-state index >= 15 is 0 Å². The second-order valence-corrected chi connectivity index (χ2v) is 3.80. The first kappa shape index (κ1) is 9.46. The Morgan fingerprint density at radius 2 is 2.25 bits per heavy atom. The van der Waals surface area contributed by atoms with Crippen LogP contribution in [0.1, 0.15) is 33.1 Å². The van der Waals surface area contributed by atoms with Gasteiger partial charge >= 0.3 is 0 Å². The maximum absolute atomic E-state index is 11.1. The molecule has 0 aliphatic carbocycles. The molecule has 0 bridgehead atoms. The van der Waals surface area contributed by atoms with Gasteiger partial charge in [-0.05, 0) is 32.3 Å². The Balaban J connectivity index is 2.10. The molecule has 1 atom stereocenters. The summed E-state index contributed by atoms with van der Waals surface area (Å²) in [5, 5.41) is 0. The summed E-state index contributed by atoms with van der Waals surface area (Å²) < 4.78 is 5.20. The van der Waals surface area contributed by atoms with Crippen molar-refractivity contribution >= 4 is 5.78 Å². The predicted octanol–water partition coefficient (Wildman–Crippen LogP) is 2.09. The molecule has 1 aliphatic heterocycles. The van der Waals surface area contributed by atoms with Gasteiger partial charge in [0.15, 0.2) is 5.78 Å². The number of carbonyl (C=O) groups is 1. The third kappa shape index (κ3) is 2.78. The number of allylic oxidation sites excluding steroid dienone is 1. The lowest BCUT2D eigenvalue weighted by atomic mass is 10.0. The van der Waals surface area contributed by atoms with Gasteiger partial charge in [-0.1, -0.05) is 6.58 Å². The molecule has 0 aromatic rings. The molecule has 0 N–H and O–H groups in total. The third-order valence-electron chi connectivity index (χ3n) is 2.22. The number of ether oxygens (including phenoxy) is 1. The average molecular weight is 168 g/mol. The summed E-state index contributed by atoms with van der Waals surface area (Å²) in [4.78, 5) is 11.1. The molecule has 1 saturated heterocycles. The lowest BCUT2D eigenvalue weighted by Crippen LogP contribution is -2.06.